The fourth-order valence-corrected chi connectivity index (χ4v) is 3.56. The molecule has 1 N–H and O–H groups in total. The molecule has 3 heterocycles. The van der Waals surface area contributed by atoms with Gasteiger partial charge in [-0.05, 0) is 60.0 Å². The SMILES string of the molecule is Cc1ccc(NC(=O)c2ccn(-c3ccc4ccc(-c5ccccc5)cn34)n2)c(F)c1. The summed E-state index contributed by atoms with van der Waals surface area (Å²) in [5, 5.41) is 6.99. The number of fused-ring (bicyclic) bond motifs is 1. The van der Waals surface area contributed by atoms with E-state index in [0.717, 1.165) is 28.0 Å². The molecule has 0 aliphatic carbocycles. The molecule has 1 amide bonds. The molecule has 0 fully saturated rings. The van der Waals surface area contributed by atoms with Gasteiger partial charge in [0.1, 0.15) is 11.6 Å². The molecule has 5 aromatic rings. The average Bonchev–Trinajstić information content (AvgIpc) is 3.43. The van der Waals surface area contributed by atoms with Crippen molar-refractivity contribution < 1.29 is 9.18 Å². The highest BCUT2D eigenvalue weighted by molar-refractivity contribution is 6.02. The molecule has 0 spiro atoms. The summed E-state index contributed by atoms with van der Waals surface area (Å²) in [5.74, 6) is -0.139. The fourth-order valence-electron chi connectivity index (χ4n) is 3.56. The van der Waals surface area contributed by atoms with Gasteiger partial charge in [0.05, 0.1) is 5.69 Å². The molecular formula is C25H19FN4O. The van der Waals surface area contributed by atoms with Gasteiger partial charge >= 0.3 is 0 Å². The predicted octanol–water partition coefficient (Wildman–Crippen LogP) is 5.49. The van der Waals surface area contributed by atoms with Gasteiger partial charge in [0.15, 0.2) is 5.69 Å². The first-order valence-corrected chi connectivity index (χ1v) is 9.88. The Kier molecular flexibility index (Phi) is 4.59. The van der Waals surface area contributed by atoms with E-state index in [0.29, 0.717) is 0 Å². The van der Waals surface area contributed by atoms with Gasteiger partial charge in [-0.25, -0.2) is 9.07 Å². The van der Waals surface area contributed by atoms with Crippen LogP contribution in [0.2, 0.25) is 0 Å². The molecule has 2 aromatic carbocycles. The van der Waals surface area contributed by atoms with E-state index in [1.54, 1.807) is 36.0 Å². The standard InChI is InChI=1S/C25H19FN4O/c1-17-7-11-22(21(26)15-17)27-25(31)23-13-14-30(28-23)24-12-10-20-9-8-19(16-29(20)24)18-5-3-2-4-6-18/h2-16H,1H3,(H,27,31). The molecule has 0 aliphatic rings. The average molecular weight is 410 g/mol. The number of nitrogens with one attached hydrogen (secondary N) is 1. The lowest BCUT2D eigenvalue weighted by Gasteiger charge is -2.07. The summed E-state index contributed by atoms with van der Waals surface area (Å²) >= 11 is 0. The molecule has 0 bridgehead atoms. The minimum atomic E-state index is -0.473. The van der Waals surface area contributed by atoms with Crippen molar-refractivity contribution >= 4 is 17.1 Å². The Morgan fingerprint density at radius 3 is 2.55 bits per heavy atom. The molecule has 3 aromatic heterocycles. The van der Waals surface area contributed by atoms with Crippen molar-refractivity contribution in [3.63, 3.8) is 0 Å². The quantitative estimate of drug-likeness (QED) is 0.426. The zero-order valence-electron chi connectivity index (χ0n) is 16.8. The highest BCUT2D eigenvalue weighted by Crippen LogP contribution is 2.23. The number of aromatic nitrogens is 3. The number of benzene rings is 2. The minimum Gasteiger partial charge on any atom is -0.318 e. The van der Waals surface area contributed by atoms with Crippen LogP contribution in [0.3, 0.4) is 0 Å². The summed E-state index contributed by atoms with van der Waals surface area (Å²) in [7, 11) is 0. The third-order valence-corrected chi connectivity index (χ3v) is 5.17. The van der Waals surface area contributed by atoms with Crippen molar-refractivity contribution in [3.05, 3.63) is 108 Å². The number of pyridine rings is 1. The topological polar surface area (TPSA) is 51.3 Å². The normalized spacial score (nSPS) is 11.0. The Labute approximate surface area is 178 Å². The van der Waals surface area contributed by atoms with Gasteiger partial charge in [0.2, 0.25) is 0 Å². The van der Waals surface area contributed by atoms with Gasteiger partial charge in [-0.3, -0.25) is 4.79 Å². The summed E-state index contributed by atoms with van der Waals surface area (Å²) in [4.78, 5) is 12.6. The minimum absolute atomic E-state index is 0.130. The molecular weight excluding hydrogens is 391 g/mol. The summed E-state index contributed by atoms with van der Waals surface area (Å²) in [5.41, 5.74) is 4.32. The van der Waals surface area contributed by atoms with Crippen LogP contribution in [0.15, 0.2) is 91.3 Å². The maximum Gasteiger partial charge on any atom is 0.276 e. The van der Waals surface area contributed by atoms with E-state index in [-0.39, 0.29) is 11.4 Å². The van der Waals surface area contributed by atoms with E-state index < -0.39 is 11.7 Å². The van der Waals surface area contributed by atoms with Crippen molar-refractivity contribution in [2.24, 2.45) is 0 Å². The second kappa shape index (κ2) is 7.57. The number of amides is 1. The van der Waals surface area contributed by atoms with E-state index >= 15 is 0 Å². The van der Waals surface area contributed by atoms with Crippen molar-refractivity contribution in [1.82, 2.24) is 14.2 Å². The first-order chi connectivity index (χ1) is 15.1. The van der Waals surface area contributed by atoms with Crippen molar-refractivity contribution in [3.8, 4) is 16.9 Å². The Hall–Kier alpha value is -4.19. The second-order valence-electron chi connectivity index (χ2n) is 7.35. The van der Waals surface area contributed by atoms with Crippen LogP contribution in [-0.2, 0) is 0 Å². The number of rotatable bonds is 4. The molecule has 0 saturated carbocycles. The largest absolute Gasteiger partial charge is 0.318 e. The Morgan fingerprint density at radius 2 is 1.74 bits per heavy atom. The molecule has 0 aliphatic heterocycles. The van der Waals surface area contributed by atoms with Gasteiger partial charge in [-0.2, -0.15) is 5.10 Å². The highest BCUT2D eigenvalue weighted by Gasteiger charge is 2.14. The summed E-state index contributed by atoms with van der Waals surface area (Å²) < 4.78 is 17.7. The van der Waals surface area contributed by atoms with E-state index in [1.807, 2.05) is 47.0 Å². The number of carbonyl (C=O) groups is 1. The first kappa shape index (κ1) is 18.8. The van der Waals surface area contributed by atoms with Crippen LogP contribution in [-0.4, -0.2) is 20.1 Å². The number of halogens is 1. The number of hydrogen-bond acceptors (Lipinski definition) is 2. The van der Waals surface area contributed by atoms with Gasteiger partial charge < -0.3 is 9.72 Å². The van der Waals surface area contributed by atoms with Crippen LogP contribution in [0, 0.1) is 12.7 Å². The van der Waals surface area contributed by atoms with Gasteiger partial charge in [0, 0.05) is 17.9 Å². The molecule has 0 atom stereocenters. The lowest BCUT2D eigenvalue weighted by atomic mass is 10.1. The van der Waals surface area contributed by atoms with Crippen LogP contribution in [0.25, 0.3) is 22.5 Å². The Bertz CT molecular complexity index is 1400. The van der Waals surface area contributed by atoms with Crippen molar-refractivity contribution in [2.75, 3.05) is 5.32 Å². The number of anilines is 1. The molecule has 5 nitrogen and oxygen atoms in total. The number of carbonyl (C=O) groups excluding carboxylic acids is 1. The van der Waals surface area contributed by atoms with Crippen molar-refractivity contribution in [2.45, 2.75) is 6.92 Å². The predicted molar refractivity (Wildman–Crippen MR) is 119 cm³/mol. The molecule has 0 radical (unpaired) electrons. The van der Waals surface area contributed by atoms with Crippen LogP contribution < -0.4 is 5.32 Å². The Morgan fingerprint density at radius 1 is 0.935 bits per heavy atom. The van der Waals surface area contributed by atoms with E-state index in [9.17, 15) is 9.18 Å². The fraction of sp³-hybridized carbons (Fsp3) is 0.0400. The number of aryl methyl sites for hydroxylation is 1. The second-order valence-corrected chi connectivity index (χ2v) is 7.35. The van der Waals surface area contributed by atoms with E-state index in [1.165, 1.54) is 6.07 Å². The van der Waals surface area contributed by atoms with E-state index in [4.69, 9.17) is 0 Å². The van der Waals surface area contributed by atoms with Crippen LogP contribution >= 0.6 is 0 Å². The summed E-state index contributed by atoms with van der Waals surface area (Å²) in [6.07, 6.45) is 3.76. The molecule has 6 heteroatoms. The smallest absolute Gasteiger partial charge is 0.276 e. The van der Waals surface area contributed by atoms with Crippen LogP contribution in [0.1, 0.15) is 16.1 Å². The molecule has 5 rings (SSSR count). The number of hydrogen-bond donors (Lipinski definition) is 1. The first-order valence-electron chi connectivity index (χ1n) is 9.88. The molecule has 152 valence electrons. The van der Waals surface area contributed by atoms with Crippen LogP contribution in [0.4, 0.5) is 10.1 Å². The molecule has 0 unspecified atom stereocenters. The lowest BCUT2D eigenvalue weighted by Crippen LogP contribution is -2.14. The number of nitrogens with zero attached hydrogens (tertiary/aromatic N) is 3. The van der Waals surface area contributed by atoms with E-state index in [2.05, 4.69) is 28.6 Å². The third-order valence-electron chi connectivity index (χ3n) is 5.17. The third kappa shape index (κ3) is 3.59. The maximum atomic E-state index is 14.1. The zero-order chi connectivity index (χ0) is 21.4. The molecule has 0 saturated heterocycles. The Balaban J connectivity index is 1.45. The maximum absolute atomic E-state index is 14.1. The van der Waals surface area contributed by atoms with Gasteiger partial charge in [-0.15, -0.1) is 0 Å². The summed E-state index contributed by atoms with van der Waals surface area (Å²) in [6.45, 7) is 1.79. The monoisotopic (exact) mass is 410 g/mol. The zero-order valence-corrected chi connectivity index (χ0v) is 16.8. The lowest BCUT2D eigenvalue weighted by molar-refractivity contribution is 0.102. The summed E-state index contributed by atoms with van der Waals surface area (Å²) in [6, 6.07) is 24.5. The van der Waals surface area contributed by atoms with Gasteiger partial charge in [0.25, 0.3) is 5.91 Å². The van der Waals surface area contributed by atoms with Crippen molar-refractivity contribution in [1.29, 1.82) is 0 Å². The van der Waals surface area contributed by atoms with Crippen LogP contribution in [0.5, 0.6) is 0 Å². The molecule has 31 heavy (non-hydrogen) atoms. The highest BCUT2D eigenvalue weighted by atomic mass is 19.1. The van der Waals surface area contributed by atoms with Gasteiger partial charge in [-0.1, -0.05) is 42.5 Å².